The lowest BCUT2D eigenvalue weighted by Gasteiger charge is -2.45. The fourth-order valence-corrected chi connectivity index (χ4v) is 5.70. The highest BCUT2D eigenvalue weighted by Crippen LogP contribution is 2.52. The molecule has 1 saturated carbocycles. The van der Waals surface area contributed by atoms with E-state index >= 15 is 0 Å². The molecule has 0 aromatic heterocycles. The van der Waals surface area contributed by atoms with E-state index < -0.39 is 0 Å². The minimum Gasteiger partial charge on any atom is -0.299 e. The predicted octanol–water partition coefficient (Wildman–Crippen LogP) is 7.07. The van der Waals surface area contributed by atoms with Crippen LogP contribution in [0.5, 0.6) is 0 Å². The smallest absolute Gasteiger partial charge is 0.123 e. The summed E-state index contributed by atoms with van der Waals surface area (Å²) in [6, 6.07) is 5.52. The lowest BCUT2D eigenvalue weighted by molar-refractivity contribution is 0.0967. The number of benzene rings is 1. The molecule has 0 amide bonds. The summed E-state index contributed by atoms with van der Waals surface area (Å²) in [6.07, 6.45) is 8.23. The molecule has 1 nitrogen and oxygen atoms in total. The molecule has 0 atom stereocenters. The molecule has 0 saturated heterocycles. The quantitative estimate of drug-likeness (QED) is 0.528. The Bertz CT molecular complexity index is 661. The van der Waals surface area contributed by atoms with Crippen molar-refractivity contribution in [2.24, 2.45) is 10.8 Å². The largest absolute Gasteiger partial charge is 0.299 e. The molecule has 27 heavy (non-hydrogen) atoms. The zero-order valence-corrected chi connectivity index (χ0v) is 18.6. The fraction of sp³-hybridized carbons (Fsp3) is 0.667. The van der Waals surface area contributed by atoms with Crippen LogP contribution in [-0.2, 0) is 0 Å². The highest BCUT2D eigenvalue weighted by molar-refractivity contribution is 5.85. The summed E-state index contributed by atoms with van der Waals surface area (Å²) >= 11 is 0. The van der Waals surface area contributed by atoms with E-state index in [2.05, 4.69) is 45.6 Å². The van der Waals surface area contributed by atoms with E-state index in [4.69, 9.17) is 0 Å². The molecule has 0 bridgehead atoms. The van der Waals surface area contributed by atoms with Crippen LogP contribution < -0.4 is 0 Å². The molecule has 1 fully saturated rings. The molecule has 1 aliphatic heterocycles. The van der Waals surface area contributed by atoms with Gasteiger partial charge >= 0.3 is 0 Å². The molecule has 2 aliphatic rings. The van der Waals surface area contributed by atoms with Gasteiger partial charge in [0.15, 0.2) is 0 Å². The third-order valence-corrected chi connectivity index (χ3v) is 6.19. The van der Waals surface area contributed by atoms with Gasteiger partial charge < -0.3 is 0 Å². The monoisotopic (exact) mass is 393 g/mol. The Kier molecular flexibility index (Phi) is 7.19. The van der Waals surface area contributed by atoms with Gasteiger partial charge in [-0.05, 0) is 84.2 Å². The van der Waals surface area contributed by atoms with Crippen LogP contribution in [-0.4, -0.2) is 24.5 Å². The Hall–Kier alpha value is -0.860. The maximum absolute atomic E-state index is 14.2. The van der Waals surface area contributed by atoms with Crippen molar-refractivity contribution >= 4 is 18.0 Å². The van der Waals surface area contributed by atoms with Crippen LogP contribution in [0.1, 0.15) is 83.8 Å². The second-order valence-electron chi connectivity index (χ2n) is 10.1. The molecule has 1 aromatic rings. The van der Waals surface area contributed by atoms with Gasteiger partial charge in [-0.3, -0.25) is 4.90 Å². The van der Waals surface area contributed by atoms with Crippen LogP contribution in [0.4, 0.5) is 4.39 Å². The van der Waals surface area contributed by atoms with Crippen LogP contribution in [0.25, 0.3) is 5.57 Å². The van der Waals surface area contributed by atoms with Gasteiger partial charge in [0.25, 0.3) is 0 Å². The molecule has 1 aliphatic carbocycles. The molecule has 0 spiro atoms. The van der Waals surface area contributed by atoms with Crippen LogP contribution in [0, 0.1) is 16.6 Å². The maximum atomic E-state index is 14.2. The Morgan fingerprint density at radius 1 is 1.11 bits per heavy atom. The molecular formula is C24H37ClFN. The molecule has 0 radical (unpaired) electrons. The van der Waals surface area contributed by atoms with E-state index in [9.17, 15) is 4.39 Å². The van der Waals surface area contributed by atoms with Gasteiger partial charge in [-0.25, -0.2) is 4.39 Å². The summed E-state index contributed by atoms with van der Waals surface area (Å²) in [4.78, 5) is 2.51. The van der Waals surface area contributed by atoms with Crippen LogP contribution >= 0.6 is 12.4 Å². The fourth-order valence-electron chi connectivity index (χ4n) is 5.70. The number of hydrogen-bond acceptors (Lipinski definition) is 1. The summed E-state index contributed by atoms with van der Waals surface area (Å²) in [6.45, 7) is 15.1. The lowest BCUT2D eigenvalue weighted by atomic mass is 9.59. The van der Waals surface area contributed by atoms with Crippen molar-refractivity contribution in [2.75, 3.05) is 19.6 Å². The number of rotatable bonds is 4. The highest BCUT2D eigenvalue weighted by atomic mass is 35.5. The first-order valence-electron chi connectivity index (χ1n) is 10.4. The molecule has 0 unspecified atom stereocenters. The third-order valence-electron chi connectivity index (χ3n) is 6.19. The zero-order chi connectivity index (χ0) is 18.9. The van der Waals surface area contributed by atoms with Gasteiger partial charge in [-0.2, -0.15) is 0 Å². The second-order valence-corrected chi connectivity index (χ2v) is 10.1. The predicted molar refractivity (Wildman–Crippen MR) is 117 cm³/mol. The third kappa shape index (κ3) is 5.57. The average Bonchev–Trinajstić information content (AvgIpc) is 2.53. The Labute approximate surface area is 171 Å². The Morgan fingerprint density at radius 2 is 1.78 bits per heavy atom. The van der Waals surface area contributed by atoms with Gasteiger partial charge in [0, 0.05) is 13.1 Å². The van der Waals surface area contributed by atoms with Crippen molar-refractivity contribution in [3.8, 4) is 0 Å². The molecule has 152 valence electrons. The maximum Gasteiger partial charge on any atom is 0.123 e. The van der Waals surface area contributed by atoms with Crippen molar-refractivity contribution in [3.63, 3.8) is 0 Å². The first-order chi connectivity index (χ1) is 12.2. The first-order valence-corrected chi connectivity index (χ1v) is 10.4. The van der Waals surface area contributed by atoms with Gasteiger partial charge in [-0.1, -0.05) is 46.8 Å². The SMILES string of the molecule is CCCN1CC=C(c2ccc(F)cc2C2CC(C)(C)CC(C)(C)C2)CC1.Cl. The molecule has 0 N–H and O–H groups in total. The van der Waals surface area contributed by atoms with Gasteiger partial charge in [0.2, 0.25) is 0 Å². The van der Waals surface area contributed by atoms with E-state index in [1.165, 1.54) is 36.1 Å². The molecule has 1 aromatic carbocycles. The second kappa shape index (κ2) is 8.66. The number of halogens is 2. The van der Waals surface area contributed by atoms with E-state index in [1.54, 1.807) is 6.07 Å². The summed E-state index contributed by atoms with van der Waals surface area (Å²) in [5, 5.41) is 0. The Morgan fingerprint density at radius 3 is 2.33 bits per heavy atom. The number of hydrogen-bond donors (Lipinski definition) is 0. The zero-order valence-electron chi connectivity index (χ0n) is 17.8. The Balaban J connectivity index is 0.00000261. The van der Waals surface area contributed by atoms with Crippen molar-refractivity contribution in [1.82, 2.24) is 4.90 Å². The van der Waals surface area contributed by atoms with Crippen molar-refractivity contribution in [1.29, 1.82) is 0 Å². The molecule has 3 heteroatoms. The van der Waals surface area contributed by atoms with Crippen molar-refractivity contribution < 1.29 is 4.39 Å². The standard InChI is InChI=1S/C24H36FN.ClH/c1-6-11-26-12-9-18(10-13-26)21-8-7-20(25)14-22(21)19-15-23(2,3)17-24(4,5)16-19;/h7-9,14,19H,6,10-13,15-17H2,1-5H3;1H. The molecule has 3 rings (SSSR count). The average molecular weight is 394 g/mol. The summed E-state index contributed by atoms with van der Waals surface area (Å²) in [7, 11) is 0. The first kappa shape index (κ1) is 22.4. The van der Waals surface area contributed by atoms with Gasteiger partial charge in [-0.15, -0.1) is 12.4 Å². The normalized spacial score (nSPS) is 22.8. The van der Waals surface area contributed by atoms with E-state index in [-0.39, 0.29) is 18.2 Å². The number of nitrogens with zero attached hydrogens (tertiary/aromatic N) is 1. The van der Waals surface area contributed by atoms with Crippen molar-refractivity contribution in [2.45, 2.75) is 72.6 Å². The van der Waals surface area contributed by atoms with Crippen LogP contribution in [0.3, 0.4) is 0 Å². The minimum absolute atomic E-state index is 0. The van der Waals surface area contributed by atoms with E-state index in [1.807, 2.05) is 12.1 Å². The molecular weight excluding hydrogens is 357 g/mol. The summed E-state index contributed by atoms with van der Waals surface area (Å²) in [5.74, 6) is 0.364. The van der Waals surface area contributed by atoms with E-state index in [0.717, 1.165) is 32.4 Å². The highest BCUT2D eigenvalue weighted by Gasteiger charge is 2.39. The summed E-state index contributed by atoms with van der Waals surface area (Å²) in [5.41, 5.74) is 4.61. The molecule has 1 heterocycles. The minimum atomic E-state index is -0.0889. The summed E-state index contributed by atoms with van der Waals surface area (Å²) < 4.78 is 14.2. The lowest BCUT2D eigenvalue weighted by Crippen LogP contribution is -2.33. The van der Waals surface area contributed by atoms with Crippen LogP contribution in [0.15, 0.2) is 24.3 Å². The van der Waals surface area contributed by atoms with Crippen LogP contribution in [0.2, 0.25) is 0 Å². The van der Waals surface area contributed by atoms with Gasteiger partial charge in [0.1, 0.15) is 5.82 Å². The van der Waals surface area contributed by atoms with Gasteiger partial charge in [0.05, 0.1) is 0 Å². The van der Waals surface area contributed by atoms with E-state index in [0.29, 0.717) is 16.7 Å². The topological polar surface area (TPSA) is 3.24 Å². The van der Waals surface area contributed by atoms with Crippen molar-refractivity contribution in [3.05, 3.63) is 41.2 Å².